The van der Waals surface area contributed by atoms with Crippen LogP contribution >= 0.6 is 11.3 Å². The van der Waals surface area contributed by atoms with Crippen molar-refractivity contribution in [2.24, 2.45) is 5.41 Å². The Morgan fingerprint density at radius 3 is 2.79 bits per heavy atom. The van der Waals surface area contributed by atoms with Gasteiger partial charge in [0.25, 0.3) is 0 Å². The predicted molar refractivity (Wildman–Crippen MR) is 59.6 cm³/mol. The van der Waals surface area contributed by atoms with Crippen molar-refractivity contribution in [3.05, 3.63) is 10.6 Å². The Morgan fingerprint density at radius 2 is 2.14 bits per heavy atom. The maximum atomic E-state index is 5.80. The molecule has 0 aliphatic heterocycles. The first-order chi connectivity index (χ1) is 6.47. The number of aromatic nitrogens is 1. The number of hydrogen-bond donors (Lipinski definition) is 1. The van der Waals surface area contributed by atoms with Crippen LogP contribution in [0.2, 0.25) is 0 Å². The number of hydrogen-bond acceptors (Lipinski definition) is 3. The van der Waals surface area contributed by atoms with Crippen molar-refractivity contribution in [1.29, 1.82) is 0 Å². The summed E-state index contributed by atoms with van der Waals surface area (Å²) in [6, 6.07) is 0. The predicted octanol–water partition coefficient (Wildman–Crippen LogP) is 2.90. The van der Waals surface area contributed by atoms with Gasteiger partial charge in [-0.05, 0) is 18.3 Å². The van der Waals surface area contributed by atoms with Gasteiger partial charge in [0.1, 0.15) is 0 Å². The van der Waals surface area contributed by atoms with Crippen LogP contribution in [-0.4, -0.2) is 4.98 Å². The summed E-state index contributed by atoms with van der Waals surface area (Å²) in [4.78, 5) is 6.01. The van der Waals surface area contributed by atoms with Gasteiger partial charge in [-0.1, -0.05) is 20.8 Å². The van der Waals surface area contributed by atoms with Crippen molar-refractivity contribution < 1.29 is 0 Å². The molecule has 0 saturated heterocycles. The van der Waals surface area contributed by atoms with E-state index in [4.69, 9.17) is 5.73 Å². The van der Waals surface area contributed by atoms with Gasteiger partial charge >= 0.3 is 0 Å². The molecule has 2 atom stereocenters. The fourth-order valence-electron chi connectivity index (χ4n) is 3.36. The van der Waals surface area contributed by atoms with Crippen LogP contribution in [0.4, 0.5) is 5.13 Å². The Labute approximate surface area is 88.5 Å². The molecule has 2 aliphatic rings. The molecule has 1 saturated carbocycles. The van der Waals surface area contributed by atoms with E-state index in [-0.39, 0.29) is 5.41 Å². The van der Waals surface area contributed by atoms with E-state index in [1.165, 1.54) is 23.4 Å². The molecule has 3 heteroatoms. The third-order valence-corrected chi connectivity index (χ3v) is 5.73. The minimum absolute atomic E-state index is 0.279. The third kappa shape index (κ3) is 0.691. The molecule has 2 N–H and O–H groups in total. The normalized spacial score (nSPS) is 37.5. The van der Waals surface area contributed by atoms with Crippen molar-refractivity contribution in [2.45, 2.75) is 44.9 Å². The van der Waals surface area contributed by atoms with Crippen molar-refractivity contribution in [2.75, 3.05) is 5.73 Å². The molecule has 1 fully saturated rings. The average molecular weight is 208 g/mol. The molecule has 0 radical (unpaired) electrons. The van der Waals surface area contributed by atoms with Crippen molar-refractivity contribution in [3.8, 4) is 0 Å². The van der Waals surface area contributed by atoms with E-state index in [1.807, 2.05) is 0 Å². The fourth-order valence-corrected chi connectivity index (χ4v) is 4.65. The fraction of sp³-hybridized carbons (Fsp3) is 0.727. The maximum Gasteiger partial charge on any atom is 0.180 e. The first-order valence-corrected chi connectivity index (χ1v) is 6.05. The molecule has 1 aromatic heterocycles. The van der Waals surface area contributed by atoms with Gasteiger partial charge < -0.3 is 5.73 Å². The molecule has 0 spiro atoms. The molecule has 14 heavy (non-hydrogen) atoms. The summed E-state index contributed by atoms with van der Waals surface area (Å²) in [5.41, 5.74) is 7.77. The second-order valence-electron chi connectivity index (χ2n) is 5.41. The van der Waals surface area contributed by atoms with E-state index in [0.717, 1.165) is 5.13 Å². The molecule has 1 aromatic rings. The lowest BCUT2D eigenvalue weighted by atomic mass is 9.70. The van der Waals surface area contributed by atoms with E-state index >= 15 is 0 Å². The van der Waals surface area contributed by atoms with Crippen LogP contribution in [0.15, 0.2) is 0 Å². The van der Waals surface area contributed by atoms with Gasteiger partial charge in [-0.3, -0.25) is 0 Å². The van der Waals surface area contributed by atoms with Crippen LogP contribution in [0.25, 0.3) is 0 Å². The van der Waals surface area contributed by atoms with Gasteiger partial charge in [0.2, 0.25) is 0 Å². The summed E-state index contributed by atoms with van der Waals surface area (Å²) >= 11 is 1.71. The van der Waals surface area contributed by atoms with Crippen LogP contribution in [0.3, 0.4) is 0 Å². The number of rotatable bonds is 0. The molecule has 0 amide bonds. The lowest BCUT2D eigenvalue weighted by Gasteiger charge is -2.34. The molecule has 76 valence electrons. The summed E-state index contributed by atoms with van der Waals surface area (Å²) in [5.74, 6) is 0.706. The molecule has 0 aromatic carbocycles. The van der Waals surface area contributed by atoms with Gasteiger partial charge in [0.05, 0.1) is 5.69 Å². The van der Waals surface area contributed by atoms with Crippen LogP contribution < -0.4 is 5.73 Å². The van der Waals surface area contributed by atoms with Crippen molar-refractivity contribution in [1.82, 2.24) is 4.98 Å². The number of fused-ring (bicyclic) bond motifs is 5. The highest BCUT2D eigenvalue weighted by Crippen LogP contribution is 2.68. The quantitative estimate of drug-likeness (QED) is 0.712. The molecule has 2 aliphatic carbocycles. The summed E-state index contributed by atoms with van der Waals surface area (Å²) in [6.45, 7) is 7.13. The standard InChI is InChI=1S/C11H16N2S/c1-10(2)6-4-5-11(10,3)8-7(6)14-9(12)13-8/h6H,4-5H2,1-3H3,(H2,12,13)/t6-,11+/m0/s1. The maximum absolute atomic E-state index is 5.80. The topological polar surface area (TPSA) is 38.9 Å². The minimum Gasteiger partial charge on any atom is -0.375 e. The van der Waals surface area contributed by atoms with E-state index in [2.05, 4.69) is 25.8 Å². The Kier molecular flexibility index (Phi) is 1.34. The highest BCUT2D eigenvalue weighted by atomic mass is 32.1. The number of nitrogens with two attached hydrogens (primary N) is 1. The van der Waals surface area contributed by atoms with E-state index in [0.29, 0.717) is 11.3 Å². The van der Waals surface area contributed by atoms with Crippen LogP contribution in [0.1, 0.15) is 50.1 Å². The largest absolute Gasteiger partial charge is 0.375 e. The number of anilines is 1. The zero-order valence-corrected chi connectivity index (χ0v) is 9.74. The van der Waals surface area contributed by atoms with Crippen LogP contribution in [0, 0.1) is 5.41 Å². The van der Waals surface area contributed by atoms with E-state index in [9.17, 15) is 0 Å². The number of nitrogen functional groups attached to an aromatic ring is 1. The Morgan fingerprint density at radius 1 is 1.43 bits per heavy atom. The third-order valence-electron chi connectivity index (χ3n) is 4.74. The van der Waals surface area contributed by atoms with Crippen molar-refractivity contribution >= 4 is 16.5 Å². The second-order valence-corrected chi connectivity index (χ2v) is 6.47. The minimum atomic E-state index is 0.279. The zero-order chi connectivity index (χ0) is 10.1. The van der Waals surface area contributed by atoms with Gasteiger partial charge in [-0.2, -0.15) is 0 Å². The highest BCUT2D eigenvalue weighted by molar-refractivity contribution is 7.15. The summed E-state index contributed by atoms with van der Waals surface area (Å²) < 4.78 is 0. The SMILES string of the molecule is CC1(C)[C@H]2CC[C@]1(C)c1nc(N)sc12. The lowest BCUT2D eigenvalue weighted by Crippen LogP contribution is -2.31. The molecule has 0 unspecified atom stereocenters. The van der Waals surface area contributed by atoms with E-state index in [1.54, 1.807) is 11.3 Å². The van der Waals surface area contributed by atoms with Gasteiger partial charge in [-0.15, -0.1) is 11.3 Å². The van der Waals surface area contributed by atoms with Crippen LogP contribution in [-0.2, 0) is 5.41 Å². The summed E-state index contributed by atoms with van der Waals surface area (Å²) in [7, 11) is 0. The Balaban J connectivity index is 2.28. The van der Waals surface area contributed by atoms with Gasteiger partial charge in [-0.25, -0.2) is 4.98 Å². The molecular formula is C11H16N2S. The number of nitrogens with zero attached hydrogens (tertiary/aromatic N) is 1. The van der Waals surface area contributed by atoms with Gasteiger partial charge in [0.15, 0.2) is 5.13 Å². The monoisotopic (exact) mass is 208 g/mol. The Bertz CT molecular complexity index is 407. The van der Waals surface area contributed by atoms with Gasteiger partial charge in [0, 0.05) is 16.2 Å². The number of thiazole rings is 1. The molecule has 1 heterocycles. The van der Waals surface area contributed by atoms with Crippen molar-refractivity contribution in [3.63, 3.8) is 0 Å². The first-order valence-electron chi connectivity index (χ1n) is 5.23. The average Bonchev–Trinajstić information content (AvgIpc) is 2.59. The lowest BCUT2D eigenvalue weighted by molar-refractivity contribution is 0.227. The first kappa shape index (κ1) is 8.72. The molecule has 2 nitrogen and oxygen atoms in total. The highest BCUT2D eigenvalue weighted by Gasteiger charge is 2.61. The van der Waals surface area contributed by atoms with E-state index < -0.39 is 0 Å². The molecule has 3 rings (SSSR count). The zero-order valence-electron chi connectivity index (χ0n) is 8.92. The smallest absolute Gasteiger partial charge is 0.180 e. The molecule has 2 bridgehead atoms. The Hall–Kier alpha value is -0.570. The second kappa shape index (κ2) is 2.16. The van der Waals surface area contributed by atoms with Crippen LogP contribution in [0.5, 0.6) is 0 Å². The summed E-state index contributed by atoms with van der Waals surface area (Å²) in [6.07, 6.45) is 2.60. The molecular weight excluding hydrogens is 192 g/mol. The summed E-state index contributed by atoms with van der Waals surface area (Å²) in [5, 5.41) is 0.753.